The summed E-state index contributed by atoms with van der Waals surface area (Å²) in [7, 11) is 0. The SMILES string of the molecule is C=C(CC(NCC)C(C)C(C)=Nc1ccccc1F)N1CCCCC1.C=CC.CC1(C2CC2)CC1.c1ccccc1. The molecule has 0 bridgehead atoms. The molecule has 3 nitrogen and oxygen atoms in total. The molecule has 2 atom stereocenters. The Morgan fingerprint density at radius 3 is 2.02 bits per heavy atom. The van der Waals surface area contributed by atoms with E-state index in [1.807, 2.05) is 56.3 Å². The highest BCUT2D eigenvalue weighted by Gasteiger charge is 2.49. The Hall–Kier alpha value is -2.72. The molecule has 1 saturated heterocycles. The van der Waals surface area contributed by atoms with E-state index < -0.39 is 0 Å². The number of benzene rings is 2. The molecule has 1 N–H and O–H groups in total. The van der Waals surface area contributed by atoms with Gasteiger partial charge in [0.2, 0.25) is 0 Å². The number of likely N-dealkylation sites (tertiary alicyclic amines) is 1. The molecule has 2 aromatic carbocycles. The van der Waals surface area contributed by atoms with Crippen molar-refractivity contribution in [2.24, 2.45) is 22.2 Å². The van der Waals surface area contributed by atoms with Crippen molar-refractivity contribution in [1.29, 1.82) is 0 Å². The van der Waals surface area contributed by atoms with Gasteiger partial charge in [0.05, 0.1) is 5.69 Å². The third kappa shape index (κ3) is 13.2. The van der Waals surface area contributed by atoms with Crippen molar-refractivity contribution >= 4 is 11.4 Å². The Labute approximate surface area is 251 Å². The highest BCUT2D eigenvalue weighted by molar-refractivity contribution is 5.87. The van der Waals surface area contributed by atoms with E-state index in [1.165, 1.54) is 56.7 Å². The fraction of sp³-hybridized carbons (Fsp3) is 0.541. The van der Waals surface area contributed by atoms with Crippen molar-refractivity contribution in [1.82, 2.24) is 10.2 Å². The van der Waals surface area contributed by atoms with Gasteiger partial charge in [0, 0.05) is 42.9 Å². The minimum Gasteiger partial charge on any atom is -0.375 e. The molecule has 2 aromatic rings. The quantitative estimate of drug-likeness (QED) is 0.244. The summed E-state index contributed by atoms with van der Waals surface area (Å²) in [6.45, 7) is 21.4. The van der Waals surface area contributed by atoms with E-state index in [1.54, 1.807) is 18.2 Å². The second-order valence-electron chi connectivity index (χ2n) is 12.0. The summed E-state index contributed by atoms with van der Waals surface area (Å²) in [6, 6.07) is 18.9. The van der Waals surface area contributed by atoms with Gasteiger partial charge < -0.3 is 10.2 Å². The molecule has 0 radical (unpaired) electrons. The molecule has 5 rings (SSSR count). The molecule has 0 amide bonds. The number of allylic oxidation sites excluding steroid dienone is 1. The van der Waals surface area contributed by atoms with E-state index in [4.69, 9.17) is 0 Å². The average molecular weight is 562 g/mol. The summed E-state index contributed by atoms with van der Waals surface area (Å²) < 4.78 is 13.9. The normalized spacial score (nSPS) is 18.6. The Bertz CT molecular complexity index is 1010. The Balaban J connectivity index is 0.000000292. The average Bonchev–Trinajstić information content (AvgIpc) is 3.93. The van der Waals surface area contributed by atoms with Crippen LogP contribution in [-0.4, -0.2) is 36.3 Å². The molecule has 3 aliphatic rings. The second-order valence-corrected chi connectivity index (χ2v) is 12.0. The molecule has 0 aromatic heterocycles. The number of hydrogen-bond donors (Lipinski definition) is 1. The number of aliphatic imine (C=N–C) groups is 1. The molecular formula is C37H56FN3. The van der Waals surface area contributed by atoms with Crippen LogP contribution in [-0.2, 0) is 0 Å². The molecule has 1 aliphatic heterocycles. The maximum Gasteiger partial charge on any atom is 0.148 e. The lowest BCUT2D eigenvalue weighted by Crippen LogP contribution is -2.40. The van der Waals surface area contributed by atoms with Crippen molar-refractivity contribution in [3.05, 3.63) is 91.4 Å². The van der Waals surface area contributed by atoms with E-state index in [0.717, 1.165) is 43.1 Å². The van der Waals surface area contributed by atoms with Gasteiger partial charge in [-0.05, 0) is 88.8 Å². The standard InChI is InChI=1S/C21H32FN3.C7H12.C6H6.C3H6/c1-5-23-21(15-16(2)25-13-9-6-10-14-25)17(3)18(4)24-20-12-8-7-11-19(20)22;1-7(4-5-7)6-2-3-6;1-2-4-6-5-3-1;1-3-2/h7-8,11-12,17,21,23H,2,5-6,9-10,13-15H2,1,3-4H3;6H,2-5H2,1H3;1-6H;3H,1H2,2H3. The number of rotatable bonds is 9. The van der Waals surface area contributed by atoms with Crippen LogP contribution in [0.3, 0.4) is 0 Å². The van der Waals surface area contributed by atoms with E-state index in [9.17, 15) is 4.39 Å². The van der Waals surface area contributed by atoms with Gasteiger partial charge in [-0.2, -0.15) is 0 Å². The van der Waals surface area contributed by atoms with Crippen LogP contribution >= 0.6 is 0 Å². The zero-order chi connectivity index (χ0) is 30.1. The van der Waals surface area contributed by atoms with Gasteiger partial charge in [0.25, 0.3) is 0 Å². The van der Waals surface area contributed by atoms with Crippen LogP contribution in [0.25, 0.3) is 0 Å². The van der Waals surface area contributed by atoms with Gasteiger partial charge in [0.1, 0.15) is 5.82 Å². The van der Waals surface area contributed by atoms with Crippen LogP contribution in [0.15, 0.2) is 90.6 Å². The van der Waals surface area contributed by atoms with Crippen molar-refractivity contribution in [3.63, 3.8) is 0 Å². The summed E-state index contributed by atoms with van der Waals surface area (Å²) in [5.74, 6) is 1.10. The van der Waals surface area contributed by atoms with Crippen molar-refractivity contribution in [3.8, 4) is 0 Å². The third-order valence-corrected chi connectivity index (χ3v) is 8.41. The maximum absolute atomic E-state index is 13.9. The fourth-order valence-electron chi connectivity index (χ4n) is 5.18. The molecule has 2 saturated carbocycles. The zero-order valence-corrected chi connectivity index (χ0v) is 26.5. The first-order chi connectivity index (χ1) is 19.8. The molecule has 1 heterocycles. The highest BCUT2D eigenvalue weighted by atomic mass is 19.1. The summed E-state index contributed by atoms with van der Waals surface area (Å²) >= 11 is 0. The van der Waals surface area contributed by atoms with Crippen LogP contribution in [0, 0.1) is 23.1 Å². The molecule has 226 valence electrons. The van der Waals surface area contributed by atoms with Gasteiger partial charge in [0.15, 0.2) is 0 Å². The van der Waals surface area contributed by atoms with Gasteiger partial charge >= 0.3 is 0 Å². The third-order valence-electron chi connectivity index (χ3n) is 8.41. The lowest BCUT2D eigenvalue weighted by Gasteiger charge is -2.34. The van der Waals surface area contributed by atoms with E-state index in [-0.39, 0.29) is 17.8 Å². The number of hydrogen-bond acceptors (Lipinski definition) is 3. The van der Waals surface area contributed by atoms with Crippen molar-refractivity contribution < 1.29 is 4.39 Å². The van der Waals surface area contributed by atoms with E-state index >= 15 is 0 Å². The fourth-order valence-corrected chi connectivity index (χ4v) is 5.18. The van der Waals surface area contributed by atoms with Gasteiger partial charge in [-0.1, -0.05) is 82.0 Å². The molecule has 2 unspecified atom stereocenters. The Morgan fingerprint density at radius 2 is 1.59 bits per heavy atom. The number of piperidine rings is 1. The minimum atomic E-state index is -0.272. The number of nitrogens with one attached hydrogen (secondary N) is 1. The van der Waals surface area contributed by atoms with Crippen LogP contribution in [0.5, 0.6) is 0 Å². The summed E-state index contributed by atoms with van der Waals surface area (Å²) in [5.41, 5.74) is 3.43. The summed E-state index contributed by atoms with van der Waals surface area (Å²) in [5, 5.41) is 3.57. The topological polar surface area (TPSA) is 27.6 Å². The van der Waals surface area contributed by atoms with Gasteiger partial charge in [-0.25, -0.2) is 4.39 Å². The number of para-hydroxylation sites is 1. The van der Waals surface area contributed by atoms with Crippen LogP contribution in [0.4, 0.5) is 10.1 Å². The monoisotopic (exact) mass is 561 g/mol. The second kappa shape index (κ2) is 18.7. The van der Waals surface area contributed by atoms with Crippen LogP contribution in [0.1, 0.15) is 86.0 Å². The maximum atomic E-state index is 13.9. The zero-order valence-electron chi connectivity index (χ0n) is 26.5. The molecule has 41 heavy (non-hydrogen) atoms. The summed E-state index contributed by atoms with van der Waals surface area (Å²) in [6.07, 6.45) is 12.6. The predicted molar refractivity (Wildman–Crippen MR) is 177 cm³/mol. The largest absolute Gasteiger partial charge is 0.375 e. The van der Waals surface area contributed by atoms with Crippen molar-refractivity contribution in [2.45, 2.75) is 92.0 Å². The Kier molecular flexibility index (Phi) is 15.7. The van der Waals surface area contributed by atoms with Gasteiger partial charge in [-0.3, -0.25) is 4.99 Å². The smallest absolute Gasteiger partial charge is 0.148 e. The predicted octanol–water partition coefficient (Wildman–Crippen LogP) is 10.00. The van der Waals surface area contributed by atoms with Crippen LogP contribution < -0.4 is 5.32 Å². The van der Waals surface area contributed by atoms with Crippen molar-refractivity contribution in [2.75, 3.05) is 19.6 Å². The highest BCUT2D eigenvalue weighted by Crippen LogP contribution is 2.60. The minimum absolute atomic E-state index is 0.209. The first-order valence-corrected chi connectivity index (χ1v) is 15.8. The van der Waals surface area contributed by atoms with Crippen LogP contribution in [0.2, 0.25) is 0 Å². The number of nitrogens with zero attached hydrogens (tertiary/aromatic N) is 2. The molecule has 4 heteroatoms. The van der Waals surface area contributed by atoms with E-state index in [2.05, 4.69) is 49.1 Å². The first kappa shape index (κ1) is 34.5. The molecule has 0 spiro atoms. The lowest BCUT2D eigenvalue weighted by molar-refractivity contribution is 0.266. The summed E-state index contributed by atoms with van der Waals surface area (Å²) in [4.78, 5) is 6.96. The molecule has 3 fully saturated rings. The van der Waals surface area contributed by atoms with E-state index in [0.29, 0.717) is 5.69 Å². The molecular weight excluding hydrogens is 505 g/mol. The lowest BCUT2D eigenvalue weighted by atomic mass is 9.92. The Morgan fingerprint density at radius 1 is 1.05 bits per heavy atom. The number of halogens is 1. The van der Waals surface area contributed by atoms with Gasteiger partial charge in [-0.15, -0.1) is 6.58 Å². The molecule has 2 aliphatic carbocycles. The first-order valence-electron chi connectivity index (χ1n) is 15.8.